The third-order valence-electron chi connectivity index (χ3n) is 1.65. The molecule has 1 heteroatoms. The minimum absolute atomic E-state index is 1.17. The van der Waals surface area contributed by atoms with E-state index in [4.69, 9.17) is 0 Å². The summed E-state index contributed by atoms with van der Waals surface area (Å²) in [5.41, 5.74) is 1.17. The first kappa shape index (κ1) is 6.62. The lowest BCUT2D eigenvalue weighted by Crippen LogP contribution is -1.67. The fourth-order valence-corrected chi connectivity index (χ4v) is 1.74. The summed E-state index contributed by atoms with van der Waals surface area (Å²) < 4.78 is 1.29. The van der Waals surface area contributed by atoms with Crippen molar-refractivity contribution in [2.75, 3.05) is 0 Å². The smallest absolute Gasteiger partial charge is 0.0455 e. The van der Waals surface area contributed by atoms with Gasteiger partial charge in [-0.05, 0) is 29.1 Å². The van der Waals surface area contributed by atoms with E-state index in [1.807, 2.05) is 12.1 Å². The number of benzene rings is 1. The van der Waals surface area contributed by atoms with Crippen LogP contribution in [-0.2, 0) is 0 Å². The molecular weight excluding hydrogens is 152 g/mol. The van der Waals surface area contributed by atoms with E-state index in [9.17, 15) is 0 Å². The molecule has 0 saturated carbocycles. The van der Waals surface area contributed by atoms with Crippen molar-refractivity contribution in [3.63, 3.8) is 0 Å². The summed E-state index contributed by atoms with van der Waals surface area (Å²) in [4.78, 5) is 0. The summed E-state index contributed by atoms with van der Waals surface area (Å²) in [6.45, 7) is 3.72. The average molecular weight is 159 g/mol. The topological polar surface area (TPSA) is 0 Å². The minimum Gasteiger partial charge on any atom is -0.134 e. The first-order valence-electron chi connectivity index (χ1n) is 3.42. The maximum atomic E-state index is 3.72. The standard InChI is InChI=1S/C10H7S/c1-2-8-3-4-10-9(7-8)5-6-11-10/h2-5,7H,1H2. The Hall–Kier alpha value is -1.08. The molecule has 0 aliphatic rings. The second-order valence-corrected chi connectivity index (χ2v) is 3.25. The van der Waals surface area contributed by atoms with Crippen LogP contribution in [0.15, 0.2) is 30.8 Å². The molecule has 0 amide bonds. The molecule has 1 heterocycles. The van der Waals surface area contributed by atoms with Gasteiger partial charge in [-0.2, -0.15) is 0 Å². The highest BCUT2D eigenvalue weighted by molar-refractivity contribution is 7.16. The largest absolute Gasteiger partial charge is 0.134 e. The van der Waals surface area contributed by atoms with Crippen molar-refractivity contribution in [3.05, 3.63) is 41.8 Å². The van der Waals surface area contributed by atoms with Gasteiger partial charge in [-0.25, -0.2) is 0 Å². The molecule has 0 aliphatic carbocycles. The van der Waals surface area contributed by atoms with Crippen molar-refractivity contribution < 1.29 is 0 Å². The summed E-state index contributed by atoms with van der Waals surface area (Å²) in [5.74, 6) is 0. The molecule has 0 spiro atoms. The molecule has 1 aromatic carbocycles. The summed E-state index contributed by atoms with van der Waals surface area (Å²) >= 11 is 1.65. The van der Waals surface area contributed by atoms with Crippen molar-refractivity contribution in [3.8, 4) is 0 Å². The second-order valence-electron chi connectivity index (χ2n) is 2.37. The second kappa shape index (κ2) is 2.51. The van der Waals surface area contributed by atoms with E-state index in [1.54, 1.807) is 11.3 Å². The Balaban J connectivity index is 2.76. The molecule has 0 nitrogen and oxygen atoms in total. The third-order valence-corrected chi connectivity index (χ3v) is 2.48. The van der Waals surface area contributed by atoms with Crippen molar-refractivity contribution >= 4 is 27.5 Å². The molecule has 0 saturated heterocycles. The molecule has 0 aliphatic heterocycles. The number of hydrogen-bond acceptors (Lipinski definition) is 1. The molecule has 1 aromatic heterocycles. The fourth-order valence-electron chi connectivity index (χ4n) is 1.06. The number of rotatable bonds is 1. The van der Waals surface area contributed by atoms with Gasteiger partial charge in [-0.1, -0.05) is 18.7 Å². The molecule has 0 bridgehead atoms. The van der Waals surface area contributed by atoms with Crippen molar-refractivity contribution in [1.29, 1.82) is 0 Å². The van der Waals surface area contributed by atoms with Gasteiger partial charge in [0, 0.05) is 10.1 Å². The normalized spacial score (nSPS) is 10.2. The molecule has 0 fully saturated rings. The predicted octanol–water partition coefficient (Wildman–Crippen LogP) is 3.34. The van der Waals surface area contributed by atoms with Crippen molar-refractivity contribution in [2.24, 2.45) is 0 Å². The van der Waals surface area contributed by atoms with Crippen LogP contribution in [0, 0.1) is 5.38 Å². The zero-order chi connectivity index (χ0) is 7.68. The van der Waals surface area contributed by atoms with E-state index in [0.717, 1.165) is 0 Å². The van der Waals surface area contributed by atoms with E-state index >= 15 is 0 Å². The lowest BCUT2D eigenvalue weighted by Gasteiger charge is -1.91. The molecule has 0 N–H and O–H groups in total. The Morgan fingerprint density at radius 3 is 3.18 bits per heavy atom. The molecule has 0 unspecified atom stereocenters. The highest BCUT2D eigenvalue weighted by Gasteiger charge is 1.93. The summed E-state index contributed by atoms with van der Waals surface area (Å²) in [5, 5.41) is 4.35. The van der Waals surface area contributed by atoms with Gasteiger partial charge in [0.2, 0.25) is 0 Å². The van der Waals surface area contributed by atoms with E-state index < -0.39 is 0 Å². The SMILES string of the molecule is C=Cc1ccc2s[c]cc2c1. The monoisotopic (exact) mass is 159 g/mol. The zero-order valence-corrected chi connectivity index (χ0v) is 6.82. The molecule has 11 heavy (non-hydrogen) atoms. The minimum atomic E-state index is 1.17. The van der Waals surface area contributed by atoms with Gasteiger partial charge in [-0.3, -0.25) is 0 Å². The van der Waals surface area contributed by atoms with Gasteiger partial charge in [-0.15, -0.1) is 11.3 Å². The summed E-state index contributed by atoms with van der Waals surface area (Å²) in [6.07, 6.45) is 1.86. The number of fused-ring (bicyclic) bond motifs is 1. The molecular formula is C10H7S. The first-order valence-corrected chi connectivity index (χ1v) is 4.24. The highest BCUT2D eigenvalue weighted by atomic mass is 32.1. The number of thiophene rings is 1. The molecule has 53 valence electrons. The first-order chi connectivity index (χ1) is 5.40. The van der Waals surface area contributed by atoms with Crippen LogP contribution >= 0.6 is 11.3 Å². The predicted molar refractivity (Wildman–Crippen MR) is 50.8 cm³/mol. The Morgan fingerprint density at radius 1 is 1.45 bits per heavy atom. The quantitative estimate of drug-likeness (QED) is 0.598. The molecule has 0 atom stereocenters. The van der Waals surface area contributed by atoms with Gasteiger partial charge in [0.25, 0.3) is 0 Å². The van der Waals surface area contributed by atoms with Crippen LogP contribution < -0.4 is 0 Å². The van der Waals surface area contributed by atoms with Crippen molar-refractivity contribution in [2.45, 2.75) is 0 Å². The number of hydrogen-bond donors (Lipinski definition) is 0. The third kappa shape index (κ3) is 1.08. The summed E-state index contributed by atoms with van der Waals surface area (Å²) in [6, 6.07) is 8.30. The Morgan fingerprint density at radius 2 is 2.36 bits per heavy atom. The van der Waals surface area contributed by atoms with E-state index in [2.05, 4.69) is 30.2 Å². The Labute approximate surface area is 69.8 Å². The maximum Gasteiger partial charge on any atom is 0.0455 e. The van der Waals surface area contributed by atoms with E-state index in [1.165, 1.54) is 15.6 Å². The zero-order valence-electron chi connectivity index (χ0n) is 6.00. The highest BCUT2D eigenvalue weighted by Crippen LogP contribution is 2.21. The van der Waals surface area contributed by atoms with Crippen LogP contribution in [0.2, 0.25) is 0 Å². The molecule has 1 radical (unpaired) electrons. The van der Waals surface area contributed by atoms with Crippen LogP contribution in [0.1, 0.15) is 5.56 Å². The van der Waals surface area contributed by atoms with Crippen LogP contribution in [0.5, 0.6) is 0 Å². The van der Waals surface area contributed by atoms with Gasteiger partial charge in [0.1, 0.15) is 0 Å². The van der Waals surface area contributed by atoms with Crippen LogP contribution in [-0.4, -0.2) is 0 Å². The van der Waals surface area contributed by atoms with Crippen molar-refractivity contribution in [1.82, 2.24) is 0 Å². The van der Waals surface area contributed by atoms with E-state index in [-0.39, 0.29) is 0 Å². The maximum absolute atomic E-state index is 3.72. The Kier molecular flexibility index (Phi) is 1.51. The van der Waals surface area contributed by atoms with Gasteiger partial charge in [0.05, 0.1) is 0 Å². The van der Waals surface area contributed by atoms with E-state index in [0.29, 0.717) is 0 Å². The van der Waals surface area contributed by atoms with Gasteiger partial charge < -0.3 is 0 Å². The summed E-state index contributed by atoms with van der Waals surface area (Å²) in [7, 11) is 0. The Bertz CT molecular complexity index is 384. The van der Waals surface area contributed by atoms with Crippen LogP contribution in [0.25, 0.3) is 16.2 Å². The van der Waals surface area contributed by atoms with Gasteiger partial charge in [0.15, 0.2) is 0 Å². The van der Waals surface area contributed by atoms with Gasteiger partial charge >= 0.3 is 0 Å². The molecule has 2 rings (SSSR count). The average Bonchev–Trinajstić information content (AvgIpc) is 2.50. The lowest BCUT2D eigenvalue weighted by atomic mass is 10.2. The molecule has 2 aromatic rings. The fraction of sp³-hybridized carbons (Fsp3) is 0. The lowest BCUT2D eigenvalue weighted by molar-refractivity contribution is 1.77. The van der Waals surface area contributed by atoms with Crippen LogP contribution in [0.3, 0.4) is 0 Å². The van der Waals surface area contributed by atoms with Crippen LogP contribution in [0.4, 0.5) is 0 Å².